The van der Waals surface area contributed by atoms with E-state index in [4.69, 9.17) is 23.2 Å². The minimum atomic E-state index is -1.38. The van der Waals surface area contributed by atoms with Crippen molar-refractivity contribution in [1.29, 1.82) is 0 Å². The number of carboxylic acids is 1. The molecule has 9 nitrogen and oxygen atoms in total. The lowest BCUT2D eigenvalue weighted by Gasteiger charge is -2.16. The van der Waals surface area contributed by atoms with Gasteiger partial charge in [-0.05, 0) is 30.3 Å². The number of hydrogen-bond acceptors (Lipinski definition) is 5. The molecule has 32 heavy (non-hydrogen) atoms. The molecule has 1 aromatic heterocycles. The van der Waals surface area contributed by atoms with Crippen molar-refractivity contribution in [3.8, 4) is 0 Å². The van der Waals surface area contributed by atoms with Crippen LogP contribution in [0, 0.1) is 0 Å². The molecule has 0 spiro atoms. The molecular weight excluding hydrogens is 459 g/mol. The van der Waals surface area contributed by atoms with Gasteiger partial charge in [0.15, 0.2) is 0 Å². The molecule has 0 saturated heterocycles. The van der Waals surface area contributed by atoms with E-state index in [9.17, 15) is 24.3 Å². The Bertz CT molecular complexity index is 1210. The molecule has 3 aromatic rings. The number of amides is 2. The van der Waals surface area contributed by atoms with Crippen LogP contribution in [-0.2, 0) is 11.3 Å². The minimum Gasteiger partial charge on any atom is -0.480 e. The second-order valence-electron chi connectivity index (χ2n) is 6.53. The molecule has 1 heterocycles. The number of hydrogen-bond donors (Lipinski definition) is 3. The molecule has 11 heteroatoms. The summed E-state index contributed by atoms with van der Waals surface area (Å²) < 4.78 is 1.00. The van der Waals surface area contributed by atoms with Crippen molar-refractivity contribution in [3.63, 3.8) is 0 Å². The van der Waals surface area contributed by atoms with Crippen molar-refractivity contribution in [3.05, 3.63) is 92.5 Å². The lowest BCUT2D eigenvalue weighted by atomic mass is 10.2. The van der Waals surface area contributed by atoms with Crippen molar-refractivity contribution >= 4 is 46.8 Å². The van der Waals surface area contributed by atoms with Gasteiger partial charge in [0.1, 0.15) is 11.9 Å². The Labute approximate surface area is 191 Å². The predicted molar refractivity (Wildman–Crippen MR) is 118 cm³/mol. The Kier molecular flexibility index (Phi) is 7.24. The fraction of sp³-hybridized carbons (Fsp3) is 0.0952. The first-order valence-corrected chi connectivity index (χ1v) is 9.93. The van der Waals surface area contributed by atoms with Crippen LogP contribution in [0.15, 0.2) is 65.6 Å². The number of nitrogens with zero attached hydrogens (tertiary/aromatic N) is 2. The van der Waals surface area contributed by atoms with Crippen LogP contribution in [0.5, 0.6) is 0 Å². The molecule has 0 aliphatic rings. The number of anilines is 1. The van der Waals surface area contributed by atoms with Gasteiger partial charge in [0.2, 0.25) is 0 Å². The number of carbonyl (C=O) groups excluding carboxylic acids is 2. The number of carbonyl (C=O) groups is 3. The fourth-order valence-corrected chi connectivity index (χ4v) is 3.31. The van der Waals surface area contributed by atoms with Gasteiger partial charge in [-0.15, -0.1) is 0 Å². The van der Waals surface area contributed by atoms with Gasteiger partial charge in [-0.2, -0.15) is 4.98 Å². The first-order chi connectivity index (χ1) is 15.3. The highest BCUT2D eigenvalue weighted by Crippen LogP contribution is 2.24. The first-order valence-electron chi connectivity index (χ1n) is 9.18. The summed E-state index contributed by atoms with van der Waals surface area (Å²) in [5.41, 5.74) is -0.523. The quantitative estimate of drug-likeness (QED) is 0.482. The number of aliphatic carboxylic acids is 1. The third kappa shape index (κ3) is 5.51. The zero-order valence-electron chi connectivity index (χ0n) is 16.3. The van der Waals surface area contributed by atoms with E-state index < -0.39 is 29.5 Å². The molecule has 1 atom stereocenters. The topological polar surface area (TPSA) is 130 Å². The second-order valence-corrected chi connectivity index (χ2v) is 7.34. The van der Waals surface area contributed by atoms with E-state index in [1.807, 2.05) is 0 Å². The van der Waals surface area contributed by atoms with Gasteiger partial charge in [0, 0.05) is 11.8 Å². The molecule has 0 bridgehead atoms. The lowest BCUT2D eigenvalue weighted by molar-refractivity contribution is -0.139. The van der Waals surface area contributed by atoms with Crippen LogP contribution in [0.25, 0.3) is 0 Å². The highest BCUT2D eigenvalue weighted by atomic mass is 35.5. The van der Waals surface area contributed by atoms with Gasteiger partial charge in [-0.1, -0.05) is 47.5 Å². The third-order valence-corrected chi connectivity index (χ3v) is 4.95. The average Bonchev–Trinajstić information content (AvgIpc) is 2.75. The molecule has 0 saturated carbocycles. The maximum atomic E-state index is 12.4. The maximum Gasteiger partial charge on any atom is 0.349 e. The van der Waals surface area contributed by atoms with Crippen LogP contribution in [0.3, 0.4) is 0 Å². The van der Waals surface area contributed by atoms with Crippen molar-refractivity contribution in [1.82, 2.24) is 14.9 Å². The SMILES string of the molecule is O=C(N[C@@H](Cn1ccc(NC(=O)c2c(Cl)cccc2Cl)nc1=O)C(=O)O)c1ccccc1. The lowest BCUT2D eigenvalue weighted by Crippen LogP contribution is -2.45. The van der Waals surface area contributed by atoms with E-state index in [1.165, 1.54) is 36.5 Å². The molecule has 164 valence electrons. The predicted octanol–water partition coefficient (Wildman–Crippen LogP) is 2.69. The van der Waals surface area contributed by atoms with Crippen LogP contribution >= 0.6 is 23.2 Å². The molecule has 3 N–H and O–H groups in total. The Balaban J connectivity index is 1.73. The summed E-state index contributed by atoms with van der Waals surface area (Å²) in [4.78, 5) is 52.3. The summed E-state index contributed by atoms with van der Waals surface area (Å²) >= 11 is 12.0. The third-order valence-electron chi connectivity index (χ3n) is 4.32. The van der Waals surface area contributed by atoms with E-state index in [2.05, 4.69) is 15.6 Å². The van der Waals surface area contributed by atoms with E-state index in [0.29, 0.717) is 0 Å². The van der Waals surface area contributed by atoms with Gasteiger partial charge in [0.05, 0.1) is 22.2 Å². The summed E-state index contributed by atoms with van der Waals surface area (Å²) in [5.74, 6) is -2.66. The number of carboxylic acid groups (broad SMARTS) is 1. The van der Waals surface area contributed by atoms with E-state index >= 15 is 0 Å². The number of benzene rings is 2. The Morgan fingerprint density at radius 3 is 2.22 bits per heavy atom. The number of nitrogens with one attached hydrogen (secondary N) is 2. The first kappa shape index (κ1) is 23.0. The molecule has 2 amide bonds. The van der Waals surface area contributed by atoms with Gasteiger partial charge >= 0.3 is 11.7 Å². The maximum absolute atomic E-state index is 12.4. The number of aromatic nitrogens is 2. The fourth-order valence-electron chi connectivity index (χ4n) is 2.74. The molecule has 2 aromatic carbocycles. The van der Waals surface area contributed by atoms with Crippen molar-refractivity contribution in [2.45, 2.75) is 12.6 Å². The summed E-state index contributed by atoms with van der Waals surface area (Å²) in [5, 5.41) is 14.5. The second kappa shape index (κ2) is 10.1. The largest absolute Gasteiger partial charge is 0.480 e. The molecular formula is C21H16Cl2N4O5. The Morgan fingerprint density at radius 1 is 0.969 bits per heavy atom. The standard InChI is InChI=1S/C21H16Cl2N4O5/c22-13-7-4-8-14(23)17(13)19(29)25-16-9-10-27(21(32)26-16)11-15(20(30)31)24-18(28)12-5-2-1-3-6-12/h1-10,15H,11H2,(H,24,28)(H,30,31)(H,25,26,29,32)/t15-/m0/s1. The van der Waals surface area contributed by atoms with Crippen LogP contribution in [0.4, 0.5) is 5.82 Å². The van der Waals surface area contributed by atoms with Gasteiger partial charge in [-0.25, -0.2) is 9.59 Å². The van der Waals surface area contributed by atoms with E-state index in [0.717, 1.165) is 4.57 Å². The monoisotopic (exact) mass is 474 g/mol. The summed E-state index contributed by atoms with van der Waals surface area (Å²) in [6, 6.07) is 12.5. The van der Waals surface area contributed by atoms with Crippen LogP contribution in [-0.4, -0.2) is 38.5 Å². The molecule has 0 fully saturated rings. The molecule has 0 aliphatic carbocycles. The smallest absolute Gasteiger partial charge is 0.349 e. The highest BCUT2D eigenvalue weighted by molar-refractivity contribution is 6.40. The molecule has 0 aliphatic heterocycles. The molecule has 0 unspecified atom stereocenters. The zero-order chi connectivity index (χ0) is 23.3. The Morgan fingerprint density at radius 2 is 1.62 bits per heavy atom. The number of halogens is 2. The summed E-state index contributed by atoms with van der Waals surface area (Å²) in [6.45, 7) is -0.371. The number of rotatable bonds is 7. The van der Waals surface area contributed by atoms with Gasteiger partial charge < -0.3 is 15.7 Å². The van der Waals surface area contributed by atoms with Crippen LogP contribution in [0.1, 0.15) is 20.7 Å². The van der Waals surface area contributed by atoms with Crippen LogP contribution in [0.2, 0.25) is 10.0 Å². The Hall–Kier alpha value is -3.69. The van der Waals surface area contributed by atoms with Crippen molar-refractivity contribution in [2.24, 2.45) is 0 Å². The normalized spacial score (nSPS) is 11.4. The van der Waals surface area contributed by atoms with Gasteiger partial charge in [0.25, 0.3) is 11.8 Å². The highest BCUT2D eigenvalue weighted by Gasteiger charge is 2.22. The van der Waals surface area contributed by atoms with E-state index in [-0.39, 0.29) is 33.5 Å². The molecule has 0 radical (unpaired) electrons. The van der Waals surface area contributed by atoms with Gasteiger partial charge in [-0.3, -0.25) is 14.2 Å². The zero-order valence-corrected chi connectivity index (χ0v) is 17.8. The van der Waals surface area contributed by atoms with Crippen molar-refractivity contribution in [2.75, 3.05) is 5.32 Å². The minimum absolute atomic E-state index is 0.0244. The van der Waals surface area contributed by atoms with E-state index in [1.54, 1.807) is 24.3 Å². The molecule has 3 rings (SSSR count). The summed E-state index contributed by atoms with van der Waals surface area (Å²) in [7, 11) is 0. The van der Waals surface area contributed by atoms with Crippen LogP contribution < -0.4 is 16.3 Å². The van der Waals surface area contributed by atoms with Crippen molar-refractivity contribution < 1.29 is 19.5 Å². The average molecular weight is 475 g/mol. The summed E-state index contributed by atoms with van der Waals surface area (Å²) in [6.07, 6.45) is 1.25.